The van der Waals surface area contributed by atoms with E-state index in [1.165, 1.54) is 0 Å². The zero-order valence-electron chi connectivity index (χ0n) is 19.2. The molecular weight excluding hydrogens is 412 g/mol. The van der Waals surface area contributed by atoms with Crippen LogP contribution < -0.4 is 10.9 Å². The molecular formula is C27H28N4O2. The van der Waals surface area contributed by atoms with E-state index in [0.29, 0.717) is 29.7 Å². The molecule has 0 radical (unpaired) electrons. The van der Waals surface area contributed by atoms with Crippen molar-refractivity contribution in [3.05, 3.63) is 101 Å². The summed E-state index contributed by atoms with van der Waals surface area (Å²) in [7, 11) is 0. The van der Waals surface area contributed by atoms with E-state index in [2.05, 4.69) is 5.32 Å². The fraction of sp³-hybridized carbons (Fsp3) is 0.222. The summed E-state index contributed by atoms with van der Waals surface area (Å²) in [5, 5.41) is 3.58. The second-order valence-electron chi connectivity index (χ2n) is 7.92. The summed E-state index contributed by atoms with van der Waals surface area (Å²) in [6.07, 6.45) is 0.604. The minimum Gasteiger partial charge on any atom is -0.315 e. The van der Waals surface area contributed by atoms with Gasteiger partial charge in [-0.1, -0.05) is 55.5 Å². The van der Waals surface area contributed by atoms with Crippen LogP contribution in [0.2, 0.25) is 0 Å². The summed E-state index contributed by atoms with van der Waals surface area (Å²) in [4.78, 5) is 33.6. The molecule has 0 spiro atoms. The van der Waals surface area contributed by atoms with Crippen LogP contribution in [-0.2, 0) is 0 Å². The lowest BCUT2D eigenvalue weighted by atomic mass is 10.1. The number of hydrogen-bond acceptors (Lipinski definition) is 3. The smallest absolute Gasteiger partial charge is 0.315 e. The standard InChI is InChI=1S/C27H28N4O2/c1-4-24(30(5-2)27(33)29-22-17-11-9-13-19(22)3)25-28-23-18-12-10-16-21(23)26(32)31(25)20-14-7-6-8-15-20/h6-18,24H,4-5H2,1-3H3,(H,29,33). The van der Waals surface area contributed by atoms with Crippen LogP contribution in [0.5, 0.6) is 0 Å². The first-order valence-electron chi connectivity index (χ1n) is 11.3. The van der Waals surface area contributed by atoms with Crippen LogP contribution in [0.15, 0.2) is 83.7 Å². The number of urea groups is 1. The molecule has 1 heterocycles. The predicted octanol–water partition coefficient (Wildman–Crippen LogP) is 5.70. The number of amides is 2. The summed E-state index contributed by atoms with van der Waals surface area (Å²) in [5.74, 6) is 0.550. The molecule has 0 bridgehead atoms. The number of aryl methyl sites for hydroxylation is 1. The number of hydrogen-bond donors (Lipinski definition) is 1. The predicted molar refractivity (Wildman–Crippen MR) is 133 cm³/mol. The summed E-state index contributed by atoms with van der Waals surface area (Å²) < 4.78 is 1.64. The molecule has 6 heteroatoms. The third-order valence-corrected chi connectivity index (χ3v) is 5.87. The van der Waals surface area contributed by atoms with Gasteiger partial charge in [0, 0.05) is 12.2 Å². The van der Waals surface area contributed by atoms with Gasteiger partial charge in [-0.3, -0.25) is 9.36 Å². The molecule has 6 nitrogen and oxygen atoms in total. The maximum atomic E-state index is 13.6. The molecule has 0 saturated carbocycles. The average Bonchev–Trinajstić information content (AvgIpc) is 2.84. The van der Waals surface area contributed by atoms with Crippen molar-refractivity contribution in [3.63, 3.8) is 0 Å². The molecule has 33 heavy (non-hydrogen) atoms. The van der Waals surface area contributed by atoms with E-state index in [4.69, 9.17) is 4.98 Å². The van der Waals surface area contributed by atoms with Gasteiger partial charge in [0.1, 0.15) is 5.82 Å². The van der Waals surface area contributed by atoms with Gasteiger partial charge < -0.3 is 10.2 Å². The van der Waals surface area contributed by atoms with Crippen LogP contribution in [-0.4, -0.2) is 27.0 Å². The average molecular weight is 441 g/mol. The molecule has 0 fully saturated rings. The second kappa shape index (κ2) is 9.69. The van der Waals surface area contributed by atoms with Crippen LogP contribution in [0.4, 0.5) is 10.5 Å². The lowest BCUT2D eigenvalue weighted by Crippen LogP contribution is -2.40. The van der Waals surface area contributed by atoms with Gasteiger partial charge in [0.25, 0.3) is 5.56 Å². The molecule has 4 aromatic rings. The van der Waals surface area contributed by atoms with E-state index < -0.39 is 6.04 Å². The number of nitrogens with one attached hydrogen (secondary N) is 1. The Labute approximate surface area is 193 Å². The minimum absolute atomic E-state index is 0.143. The van der Waals surface area contributed by atoms with Gasteiger partial charge in [-0.15, -0.1) is 0 Å². The summed E-state index contributed by atoms with van der Waals surface area (Å²) >= 11 is 0. The molecule has 2 amide bonds. The molecule has 1 atom stereocenters. The zero-order valence-corrected chi connectivity index (χ0v) is 19.2. The van der Waals surface area contributed by atoms with Crippen molar-refractivity contribution >= 4 is 22.6 Å². The summed E-state index contributed by atoms with van der Waals surface area (Å²) in [5.41, 5.74) is 2.96. The third-order valence-electron chi connectivity index (χ3n) is 5.87. The molecule has 1 aromatic heterocycles. The Bertz CT molecular complexity index is 1330. The van der Waals surface area contributed by atoms with Crippen molar-refractivity contribution in [2.45, 2.75) is 33.2 Å². The molecule has 0 saturated heterocycles. The Hall–Kier alpha value is -3.93. The normalized spacial score (nSPS) is 11.8. The fourth-order valence-corrected chi connectivity index (χ4v) is 4.15. The molecule has 3 aromatic carbocycles. The van der Waals surface area contributed by atoms with E-state index in [9.17, 15) is 9.59 Å². The van der Waals surface area contributed by atoms with Crippen molar-refractivity contribution in [1.82, 2.24) is 14.5 Å². The van der Waals surface area contributed by atoms with Crippen molar-refractivity contribution < 1.29 is 4.79 Å². The summed E-state index contributed by atoms with van der Waals surface area (Å²) in [6, 6.07) is 23.9. The molecule has 0 aliphatic heterocycles. The maximum absolute atomic E-state index is 13.6. The topological polar surface area (TPSA) is 67.2 Å². The number of carbonyl (C=O) groups is 1. The van der Waals surface area contributed by atoms with Gasteiger partial charge in [-0.2, -0.15) is 0 Å². The SMILES string of the molecule is CCC(c1nc2ccccc2c(=O)n1-c1ccccc1)N(CC)C(=O)Nc1ccccc1C. The number of nitrogens with zero attached hydrogens (tertiary/aromatic N) is 3. The lowest BCUT2D eigenvalue weighted by Gasteiger charge is -2.31. The molecule has 0 aliphatic carbocycles. The quantitative estimate of drug-likeness (QED) is 0.418. The van der Waals surface area contributed by atoms with Crippen molar-refractivity contribution in [2.75, 3.05) is 11.9 Å². The van der Waals surface area contributed by atoms with Gasteiger partial charge in [0.2, 0.25) is 0 Å². The highest BCUT2D eigenvalue weighted by Gasteiger charge is 2.28. The first kappa shape index (κ1) is 22.3. The minimum atomic E-state index is -0.392. The highest BCUT2D eigenvalue weighted by molar-refractivity contribution is 5.90. The van der Waals surface area contributed by atoms with Crippen LogP contribution in [0.1, 0.15) is 37.7 Å². The van der Waals surface area contributed by atoms with Crippen molar-refractivity contribution in [1.29, 1.82) is 0 Å². The van der Waals surface area contributed by atoms with Crippen molar-refractivity contribution in [3.8, 4) is 5.69 Å². The number of para-hydroxylation sites is 3. The Morgan fingerprint density at radius 2 is 1.64 bits per heavy atom. The first-order chi connectivity index (χ1) is 16.0. The molecule has 1 N–H and O–H groups in total. The number of anilines is 1. The lowest BCUT2D eigenvalue weighted by molar-refractivity contribution is 0.185. The van der Waals surface area contributed by atoms with Gasteiger partial charge in [0.15, 0.2) is 0 Å². The maximum Gasteiger partial charge on any atom is 0.322 e. The number of fused-ring (bicyclic) bond motifs is 1. The van der Waals surface area contributed by atoms with Gasteiger partial charge in [0.05, 0.1) is 22.6 Å². The largest absolute Gasteiger partial charge is 0.322 e. The van der Waals surface area contributed by atoms with Gasteiger partial charge in [-0.25, -0.2) is 9.78 Å². The highest BCUT2D eigenvalue weighted by Crippen LogP contribution is 2.27. The first-order valence-corrected chi connectivity index (χ1v) is 11.3. The fourth-order valence-electron chi connectivity index (χ4n) is 4.15. The van der Waals surface area contributed by atoms with Crippen LogP contribution in [0.3, 0.4) is 0 Å². The van der Waals surface area contributed by atoms with Crippen LogP contribution >= 0.6 is 0 Å². The highest BCUT2D eigenvalue weighted by atomic mass is 16.2. The number of carbonyl (C=O) groups excluding carboxylic acids is 1. The Balaban J connectivity index is 1.85. The van der Waals surface area contributed by atoms with E-state index in [0.717, 1.165) is 16.9 Å². The third kappa shape index (κ3) is 4.37. The Morgan fingerprint density at radius 1 is 0.970 bits per heavy atom. The monoisotopic (exact) mass is 440 g/mol. The molecule has 1 unspecified atom stereocenters. The second-order valence-corrected chi connectivity index (χ2v) is 7.92. The van der Waals surface area contributed by atoms with E-state index in [1.54, 1.807) is 15.5 Å². The molecule has 168 valence electrons. The number of benzene rings is 3. The van der Waals surface area contributed by atoms with Gasteiger partial charge in [-0.05, 0) is 56.2 Å². The number of rotatable bonds is 6. The van der Waals surface area contributed by atoms with Crippen molar-refractivity contribution in [2.24, 2.45) is 0 Å². The van der Waals surface area contributed by atoms with Gasteiger partial charge >= 0.3 is 6.03 Å². The molecule has 0 aliphatic rings. The van der Waals surface area contributed by atoms with E-state index in [1.807, 2.05) is 93.6 Å². The van der Waals surface area contributed by atoms with E-state index >= 15 is 0 Å². The zero-order chi connectivity index (χ0) is 23.4. The Kier molecular flexibility index (Phi) is 6.54. The number of aromatic nitrogens is 2. The van der Waals surface area contributed by atoms with E-state index in [-0.39, 0.29) is 11.6 Å². The molecule has 4 rings (SSSR count). The van der Waals surface area contributed by atoms with Crippen LogP contribution in [0, 0.1) is 6.92 Å². The Morgan fingerprint density at radius 3 is 2.33 bits per heavy atom. The van der Waals surface area contributed by atoms with Crippen LogP contribution in [0.25, 0.3) is 16.6 Å². The summed E-state index contributed by atoms with van der Waals surface area (Å²) in [6.45, 7) is 6.37.